The third-order valence-electron chi connectivity index (χ3n) is 4.69. The molecule has 29 heavy (non-hydrogen) atoms. The maximum Gasteiger partial charge on any atom is 0.573 e. The summed E-state index contributed by atoms with van der Waals surface area (Å²) in [4.78, 5) is 2.09. The number of halogens is 3. The summed E-state index contributed by atoms with van der Waals surface area (Å²) in [7, 11) is 1.39. The van der Waals surface area contributed by atoms with E-state index in [1.807, 2.05) is 6.07 Å². The number of nitriles is 1. The van der Waals surface area contributed by atoms with Crippen LogP contribution in [-0.4, -0.2) is 49.7 Å². The Morgan fingerprint density at radius 3 is 2.38 bits per heavy atom. The second-order valence-corrected chi connectivity index (χ2v) is 6.53. The van der Waals surface area contributed by atoms with Crippen LogP contribution in [0.4, 0.5) is 13.2 Å². The van der Waals surface area contributed by atoms with Gasteiger partial charge in [-0.2, -0.15) is 5.26 Å². The molecular weight excluding hydrogens is 387 g/mol. The minimum Gasteiger partial charge on any atom is -0.504 e. The summed E-state index contributed by atoms with van der Waals surface area (Å²) >= 11 is 0. The van der Waals surface area contributed by atoms with Crippen LogP contribution >= 0.6 is 0 Å². The van der Waals surface area contributed by atoms with Crippen LogP contribution in [0.1, 0.15) is 22.7 Å². The summed E-state index contributed by atoms with van der Waals surface area (Å²) in [5, 5.41) is 23.3. The average Bonchev–Trinajstić information content (AvgIpc) is 2.70. The molecule has 1 aliphatic heterocycles. The van der Waals surface area contributed by atoms with Crippen LogP contribution in [0.5, 0.6) is 17.2 Å². The van der Waals surface area contributed by atoms with Gasteiger partial charge in [0.1, 0.15) is 5.75 Å². The highest BCUT2D eigenvalue weighted by Crippen LogP contribution is 2.41. The van der Waals surface area contributed by atoms with Gasteiger partial charge in [0.25, 0.3) is 0 Å². The van der Waals surface area contributed by atoms with Gasteiger partial charge in [0, 0.05) is 37.8 Å². The standard InChI is InChI=1S/C20H20F3N3O3/c1-28-17-11-13(12-24)10-16(19(17)27)18(26-8-6-25-7-9-26)14-2-4-15(5-3-14)29-20(21,22)23/h2-5,10-11,18,25,27H,6-9H2,1H3/t18-/m0/s1. The monoisotopic (exact) mass is 407 g/mol. The van der Waals surface area contributed by atoms with Crippen LogP contribution < -0.4 is 14.8 Å². The number of alkyl halides is 3. The molecule has 0 bridgehead atoms. The van der Waals surface area contributed by atoms with Gasteiger partial charge in [0.15, 0.2) is 11.5 Å². The summed E-state index contributed by atoms with van der Waals surface area (Å²) in [6, 6.07) is 10.1. The Kier molecular flexibility index (Phi) is 6.15. The molecule has 0 spiro atoms. The Balaban J connectivity index is 2.06. The van der Waals surface area contributed by atoms with Gasteiger partial charge in [-0.3, -0.25) is 4.90 Å². The lowest BCUT2D eigenvalue weighted by Gasteiger charge is -2.36. The van der Waals surface area contributed by atoms with Gasteiger partial charge < -0.3 is 19.9 Å². The predicted octanol–water partition coefficient (Wildman–Crippen LogP) is 3.17. The molecule has 0 aliphatic carbocycles. The number of aromatic hydroxyl groups is 1. The van der Waals surface area contributed by atoms with Crippen LogP contribution in [0, 0.1) is 11.3 Å². The lowest BCUT2D eigenvalue weighted by atomic mass is 9.93. The number of nitrogens with zero attached hydrogens (tertiary/aromatic N) is 2. The first kappa shape index (κ1) is 20.8. The van der Waals surface area contributed by atoms with Gasteiger partial charge in [-0.15, -0.1) is 13.2 Å². The molecule has 2 aromatic carbocycles. The second kappa shape index (κ2) is 8.59. The summed E-state index contributed by atoms with van der Waals surface area (Å²) < 4.78 is 46.5. The number of ether oxygens (including phenoxy) is 2. The van der Waals surface area contributed by atoms with Crippen LogP contribution in [0.3, 0.4) is 0 Å². The molecule has 0 saturated carbocycles. The fraction of sp³-hybridized carbons (Fsp3) is 0.350. The lowest BCUT2D eigenvalue weighted by molar-refractivity contribution is -0.274. The van der Waals surface area contributed by atoms with Gasteiger partial charge in [0.2, 0.25) is 0 Å². The smallest absolute Gasteiger partial charge is 0.504 e. The molecule has 1 fully saturated rings. The molecule has 0 radical (unpaired) electrons. The van der Waals surface area contributed by atoms with Crippen molar-refractivity contribution in [3.05, 3.63) is 53.1 Å². The Morgan fingerprint density at radius 1 is 1.17 bits per heavy atom. The first-order chi connectivity index (χ1) is 13.8. The van der Waals surface area contributed by atoms with Crippen molar-refractivity contribution < 1.29 is 27.8 Å². The lowest BCUT2D eigenvalue weighted by Crippen LogP contribution is -2.45. The number of phenolic OH excluding ortho intramolecular Hbond substituents is 1. The number of benzene rings is 2. The maximum absolute atomic E-state index is 12.5. The maximum atomic E-state index is 12.5. The second-order valence-electron chi connectivity index (χ2n) is 6.53. The van der Waals surface area contributed by atoms with E-state index in [1.54, 1.807) is 6.07 Å². The predicted molar refractivity (Wildman–Crippen MR) is 98.8 cm³/mol. The van der Waals surface area contributed by atoms with E-state index in [2.05, 4.69) is 15.0 Å². The van der Waals surface area contributed by atoms with Crippen molar-refractivity contribution in [2.45, 2.75) is 12.4 Å². The highest BCUT2D eigenvalue weighted by Gasteiger charge is 2.32. The molecule has 1 atom stereocenters. The zero-order valence-electron chi connectivity index (χ0n) is 15.7. The van der Waals surface area contributed by atoms with E-state index >= 15 is 0 Å². The molecule has 0 aromatic heterocycles. The van der Waals surface area contributed by atoms with Gasteiger partial charge in [-0.05, 0) is 23.8 Å². The molecule has 2 N–H and O–H groups in total. The molecule has 1 saturated heterocycles. The number of rotatable bonds is 5. The quantitative estimate of drug-likeness (QED) is 0.793. The summed E-state index contributed by atoms with van der Waals surface area (Å²) in [6.45, 7) is 2.76. The number of hydrogen-bond donors (Lipinski definition) is 2. The average molecular weight is 407 g/mol. The zero-order chi connectivity index (χ0) is 21.0. The van der Waals surface area contributed by atoms with E-state index in [9.17, 15) is 23.5 Å². The van der Waals surface area contributed by atoms with Crippen molar-refractivity contribution >= 4 is 0 Å². The van der Waals surface area contributed by atoms with Crippen LogP contribution in [0.2, 0.25) is 0 Å². The molecule has 0 unspecified atom stereocenters. The van der Waals surface area contributed by atoms with Gasteiger partial charge in [-0.25, -0.2) is 0 Å². The molecule has 154 valence electrons. The van der Waals surface area contributed by atoms with E-state index in [4.69, 9.17) is 4.74 Å². The zero-order valence-corrected chi connectivity index (χ0v) is 15.7. The van der Waals surface area contributed by atoms with E-state index in [0.29, 0.717) is 29.8 Å². The summed E-state index contributed by atoms with van der Waals surface area (Å²) in [6.07, 6.45) is -4.77. The first-order valence-corrected chi connectivity index (χ1v) is 8.94. The molecule has 1 heterocycles. The van der Waals surface area contributed by atoms with Crippen molar-refractivity contribution in [1.29, 1.82) is 5.26 Å². The highest BCUT2D eigenvalue weighted by molar-refractivity contribution is 5.55. The molecular formula is C20H20F3N3O3. The van der Waals surface area contributed by atoms with Crippen LogP contribution in [0.25, 0.3) is 0 Å². The van der Waals surface area contributed by atoms with Gasteiger partial charge in [0.05, 0.1) is 24.8 Å². The van der Waals surface area contributed by atoms with E-state index in [-0.39, 0.29) is 17.2 Å². The van der Waals surface area contributed by atoms with Crippen molar-refractivity contribution in [2.75, 3.05) is 33.3 Å². The number of nitrogens with one attached hydrogen (secondary N) is 1. The Labute approximate surface area is 166 Å². The number of methoxy groups -OCH3 is 1. The minimum absolute atomic E-state index is 0.106. The van der Waals surface area contributed by atoms with E-state index < -0.39 is 12.4 Å². The molecule has 6 nitrogen and oxygen atoms in total. The SMILES string of the molecule is COc1cc(C#N)cc([C@H](c2ccc(OC(F)(F)F)cc2)N2CCNCC2)c1O. The molecule has 9 heteroatoms. The fourth-order valence-electron chi connectivity index (χ4n) is 3.44. The normalized spacial score (nSPS) is 16.1. The van der Waals surface area contributed by atoms with Crippen LogP contribution in [-0.2, 0) is 0 Å². The third kappa shape index (κ3) is 4.91. The van der Waals surface area contributed by atoms with E-state index in [0.717, 1.165) is 13.1 Å². The highest BCUT2D eigenvalue weighted by atomic mass is 19.4. The summed E-state index contributed by atoms with van der Waals surface area (Å²) in [5.41, 5.74) is 1.42. The van der Waals surface area contributed by atoms with Crippen LogP contribution in [0.15, 0.2) is 36.4 Å². The Morgan fingerprint density at radius 2 is 1.83 bits per heavy atom. The molecule has 2 aromatic rings. The Bertz CT molecular complexity index is 889. The fourth-order valence-corrected chi connectivity index (χ4v) is 3.44. The van der Waals surface area contributed by atoms with Crippen molar-refractivity contribution in [1.82, 2.24) is 10.2 Å². The first-order valence-electron chi connectivity index (χ1n) is 8.94. The molecule has 1 aliphatic rings. The van der Waals surface area contributed by atoms with E-state index in [1.165, 1.54) is 37.4 Å². The largest absolute Gasteiger partial charge is 0.573 e. The van der Waals surface area contributed by atoms with Crippen molar-refractivity contribution in [2.24, 2.45) is 0 Å². The number of piperazine rings is 1. The van der Waals surface area contributed by atoms with Crippen molar-refractivity contribution in [3.8, 4) is 23.3 Å². The summed E-state index contributed by atoms with van der Waals surface area (Å²) in [5.74, 6) is -0.269. The minimum atomic E-state index is -4.77. The Hall–Kier alpha value is -2.96. The molecule has 0 amide bonds. The number of hydrogen-bond acceptors (Lipinski definition) is 6. The van der Waals surface area contributed by atoms with Gasteiger partial charge in [-0.1, -0.05) is 12.1 Å². The van der Waals surface area contributed by atoms with Crippen molar-refractivity contribution in [3.63, 3.8) is 0 Å². The molecule has 3 rings (SSSR count). The van der Waals surface area contributed by atoms with Gasteiger partial charge >= 0.3 is 6.36 Å². The topological polar surface area (TPSA) is 77.8 Å². The number of phenols is 1. The third-order valence-corrected chi connectivity index (χ3v) is 4.69.